The summed E-state index contributed by atoms with van der Waals surface area (Å²) in [6.07, 6.45) is 71.2. The van der Waals surface area contributed by atoms with Gasteiger partial charge >= 0.3 is 17.9 Å². The molecule has 0 aromatic heterocycles. The average Bonchev–Trinajstić information content (AvgIpc) is 3.34. The zero-order valence-electron chi connectivity index (χ0n) is 45.1. The fourth-order valence-corrected chi connectivity index (χ4v) is 8.41. The number of carbonyl (C=O) groups is 3. The third-order valence-electron chi connectivity index (χ3n) is 12.8. The van der Waals surface area contributed by atoms with Gasteiger partial charge in [0.15, 0.2) is 6.10 Å². The highest BCUT2D eigenvalue weighted by Gasteiger charge is 2.19. The maximum atomic E-state index is 12.8. The molecule has 0 aliphatic carbocycles. The second-order valence-electron chi connectivity index (χ2n) is 19.5. The minimum atomic E-state index is -0.787. The molecule has 394 valence electrons. The molecule has 0 amide bonds. The molecule has 0 saturated carbocycles. The van der Waals surface area contributed by atoms with E-state index in [1.165, 1.54) is 161 Å². The second-order valence-corrected chi connectivity index (χ2v) is 19.5. The number of esters is 3. The number of unbranched alkanes of at least 4 members (excludes halogenated alkanes) is 32. The fraction of sp³-hybridized carbons (Fsp3) is 0.790. The van der Waals surface area contributed by atoms with Crippen molar-refractivity contribution in [3.8, 4) is 0 Å². The van der Waals surface area contributed by atoms with Gasteiger partial charge in [-0.2, -0.15) is 0 Å². The first-order valence-electron chi connectivity index (χ1n) is 29.3. The van der Waals surface area contributed by atoms with Crippen LogP contribution in [-0.2, 0) is 28.6 Å². The van der Waals surface area contributed by atoms with E-state index in [1.807, 2.05) is 0 Å². The number of rotatable bonds is 53. The number of allylic oxidation sites excluding steroid dienone is 10. The standard InChI is InChI=1S/C62H110O6/c1-4-7-10-13-16-18-20-22-24-26-28-29-30-31-32-33-35-36-38-40-42-44-46-49-52-55-61(64)67-58-59(57-66-60(63)54-51-48-15-12-9-6-3)68-62(65)56-53-50-47-45-43-41-39-37-34-27-25-23-21-19-17-14-11-8-5-2/h8,11,17,19,23,25,34,37,41,43,59H,4-7,9-10,12-16,18,20-22,24,26-33,35-36,38-40,42,44-58H2,1-3H3/b11-8-,19-17-,25-23-,37-34-,43-41-. The van der Waals surface area contributed by atoms with Crippen LogP contribution in [0.4, 0.5) is 0 Å². The first-order valence-corrected chi connectivity index (χ1v) is 29.3. The lowest BCUT2D eigenvalue weighted by Crippen LogP contribution is -2.30. The van der Waals surface area contributed by atoms with Gasteiger partial charge in [0.1, 0.15) is 13.2 Å². The third kappa shape index (κ3) is 54.1. The van der Waals surface area contributed by atoms with Crippen LogP contribution >= 0.6 is 0 Å². The summed E-state index contributed by atoms with van der Waals surface area (Å²) in [5.41, 5.74) is 0. The predicted octanol–water partition coefficient (Wildman–Crippen LogP) is 19.6. The van der Waals surface area contributed by atoms with Gasteiger partial charge in [-0.3, -0.25) is 14.4 Å². The number of ether oxygens (including phenoxy) is 3. The molecule has 68 heavy (non-hydrogen) atoms. The van der Waals surface area contributed by atoms with Crippen LogP contribution in [0.3, 0.4) is 0 Å². The molecule has 0 aliphatic rings. The van der Waals surface area contributed by atoms with Crippen LogP contribution in [0.2, 0.25) is 0 Å². The zero-order chi connectivity index (χ0) is 49.3. The lowest BCUT2D eigenvalue weighted by Gasteiger charge is -2.18. The van der Waals surface area contributed by atoms with Crippen LogP contribution in [0.1, 0.15) is 297 Å². The Labute approximate surface area is 421 Å². The maximum Gasteiger partial charge on any atom is 0.306 e. The molecule has 1 unspecified atom stereocenters. The molecule has 0 fully saturated rings. The molecule has 0 aromatic carbocycles. The molecule has 0 N–H and O–H groups in total. The normalized spacial score (nSPS) is 12.5. The van der Waals surface area contributed by atoms with Crippen molar-refractivity contribution in [2.75, 3.05) is 13.2 Å². The van der Waals surface area contributed by atoms with E-state index in [-0.39, 0.29) is 31.1 Å². The minimum Gasteiger partial charge on any atom is -0.462 e. The Morgan fingerprint density at radius 2 is 0.574 bits per heavy atom. The zero-order valence-corrected chi connectivity index (χ0v) is 45.1. The van der Waals surface area contributed by atoms with Crippen molar-refractivity contribution >= 4 is 17.9 Å². The van der Waals surface area contributed by atoms with Crippen LogP contribution in [0.15, 0.2) is 60.8 Å². The van der Waals surface area contributed by atoms with Gasteiger partial charge in [0, 0.05) is 19.3 Å². The van der Waals surface area contributed by atoms with Crippen molar-refractivity contribution < 1.29 is 28.6 Å². The average molecular weight is 952 g/mol. The van der Waals surface area contributed by atoms with Crippen LogP contribution in [-0.4, -0.2) is 37.2 Å². The van der Waals surface area contributed by atoms with Gasteiger partial charge in [-0.15, -0.1) is 0 Å². The molecular formula is C62H110O6. The SMILES string of the molecule is CC/C=C\C/C=C\C/C=C\C/C=C\C/C=C\CCCCCC(=O)OC(COC(=O)CCCCCCCC)COC(=O)CCCCCCCCCCCCCCCCCCCCCCCCCCC. The number of hydrogen-bond donors (Lipinski definition) is 0. The minimum absolute atomic E-state index is 0.0849. The first-order chi connectivity index (χ1) is 33.5. The molecule has 0 saturated heterocycles. The van der Waals surface area contributed by atoms with E-state index in [0.29, 0.717) is 19.3 Å². The van der Waals surface area contributed by atoms with Gasteiger partial charge in [0.2, 0.25) is 0 Å². The fourth-order valence-electron chi connectivity index (χ4n) is 8.41. The first kappa shape index (κ1) is 65.1. The smallest absolute Gasteiger partial charge is 0.306 e. The van der Waals surface area contributed by atoms with E-state index < -0.39 is 6.10 Å². The summed E-state index contributed by atoms with van der Waals surface area (Å²) in [6.45, 7) is 6.47. The van der Waals surface area contributed by atoms with Gasteiger partial charge in [0.25, 0.3) is 0 Å². The van der Waals surface area contributed by atoms with E-state index >= 15 is 0 Å². The Kier molecular flexibility index (Phi) is 54.3. The highest BCUT2D eigenvalue weighted by atomic mass is 16.6. The van der Waals surface area contributed by atoms with E-state index in [4.69, 9.17) is 14.2 Å². The van der Waals surface area contributed by atoms with Crippen molar-refractivity contribution in [1.82, 2.24) is 0 Å². The maximum absolute atomic E-state index is 12.8. The van der Waals surface area contributed by atoms with Crippen molar-refractivity contribution in [2.45, 2.75) is 303 Å². The Balaban J connectivity index is 4.13. The lowest BCUT2D eigenvalue weighted by molar-refractivity contribution is -0.167. The van der Waals surface area contributed by atoms with E-state index in [1.54, 1.807) is 0 Å². The topological polar surface area (TPSA) is 78.9 Å². The highest BCUT2D eigenvalue weighted by molar-refractivity contribution is 5.71. The van der Waals surface area contributed by atoms with Crippen LogP contribution in [0, 0.1) is 0 Å². The van der Waals surface area contributed by atoms with Crippen LogP contribution < -0.4 is 0 Å². The number of hydrogen-bond acceptors (Lipinski definition) is 6. The van der Waals surface area contributed by atoms with Gasteiger partial charge in [-0.1, -0.05) is 274 Å². The molecule has 0 spiro atoms. The van der Waals surface area contributed by atoms with Crippen molar-refractivity contribution in [2.24, 2.45) is 0 Å². The summed E-state index contributed by atoms with van der Waals surface area (Å²) in [4.78, 5) is 37.9. The monoisotopic (exact) mass is 951 g/mol. The lowest BCUT2D eigenvalue weighted by atomic mass is 10.0. The summed E-state index contributed by atoms with van der Waals surface area (Å²) in [5, 5.41) is 0. The van der Waals surface area contributed by atoms with Gasteiger partial charge in [-0.25, -0.2) is 0 Å². The van der Waals surface area contributed by atoms with Crippen LogP contribution in [0.25, 0.3) is 0 Å². The third-order valence-corrected chi connectivity index (χ3v) is 12.8. The summed E-state index contributed by atoms with van der Waals surface area (Å²) in [7, 11) is 0. The molecule has 0 aliphatic heterocycles. The van der Waals surface area contributed by atoms with E-state index in [0.717, 1.165) is 96.3 Å². The summed E-state index contributed by atoms with van der Waals surface area (Å²) < 4.78 is 16.7. The Morgan fingerprint density at radius 1 is 0.309 bits per heavy atom. The Bertz CT molecular complexity index is 1230. The van der Waals surface area contributed by atoms with Crippen molar-refractivity contribution in [3.63, 3.8) is 0 Å². The molecule has 0 bridgehead atoms. The van der Waals surface area contributed by atoms with Crippen molar-refractivity contribution in [3.05, 3.63) is 60.8 Å². The molecular weight excluding hydrogens is 841 g/mol. The highest BCUT2D eigenvalue weighted by Crippen LogP contribution is 2.17. The largest absolute Gasteiger partial charge is 0.462 e. The Morgan fingerprint density at radius 3 is 0.897 bits per heavy atom. The molecule has 0 heterocycles. The van der Waals surface area contributed by atoms with E-state index in [9.17, 15) is 14.4 Å². The van der Waals surface area contributed by atoms with Gasteiger partial charge in [-0.05, 0) is 64.2 Å². The quantitative estimate of drug-likeness (QED) is 0.0262. The number of carbonyl (C=O) groups excluding carboxylic acids is 3. The van der Waals surface area contributed by atoms with Crippen LogP contribution in [0.5, 0.6) is 0 Å². The van der Waals surface area contributed by atoms with E-state index in [2.05, 4.69) is 81.5 Å². The predicted molar refractivity (Wildman–Crippen MR) is 293 cm³/mol. The van der Waals surface area contributed by atoms with Gasteiger partial charge < -0.3 is 14.2 Å². The summed E-state index contributed by atoms with van der Waals surface area (Å²) in [6, 6.07) is 0. The molecule has 6 nitrogen and oxygen atoms in total. The second kappa shape index (κ2) is 56.7. The molecule has 6 heteroatoms. The summed E-state index contributed by atoms with van der Waals surface area (Å²) in [5.74, 6) is -0.917. The molecule has 0 radical (unpaired) electrons. The Hall–Kier alpha value is -2.89. The summed E-state index contributed by atoms with van der Waals surface area (Å²) >= 11 is 0. The molecule has 1 atom stereocenters. The molecule has 0 rings (SSSR count). The molecule has 0 aromatic rings. The van der Waals surface area contributed by atoms with Gasteiger partial charge in [0.05, 0.1) is 0 Å². The van der Waals surface area contributed by atoms with Crippen molar-refractivity contribution in [1.29, 1.82) is 0 Å².